The van der Waals surface area contributed by atoms with Crippen LogP contribution in [0.4, 0.5) is 23.8 Å². The summed E-state index contributed by atoms with van der Waals surface area (Å²) in [5.41, 5.74) is -1.48. The maximum Gasteiger partial charge on any atom is 0.417 e. The fraction of sp³-hybridized carbons (Fsp3) is 0.647. The molecule has 0 saturated carbocycles. The molecule has 1 aliphatic heterocycles. The normalized spacial score (nSPS) is 18.6. The Bertz CT molecular complexity index is 662. The lowest BCUT2D eigenvalue weighted by Crippen LogP contribution is -2.50. The molecule has 26 heavy (non-hydrogen) atoms. The number of anilines is 1. The number of carbonyl (C=O) groups is 1. The van der Waals surface area contributed by atoms with E-state index in [-0.39, 0.29) is 11.1 Å². The molecule has 2 heterocycles. The predicted octanol–water partition coefficient (Wildman–Crippen LogP) is 4.59. The van der Waals surface area contributed by atoms with E-state index in [1.54, 1.807) is 32.7 Å². The molecular formula is C17H23ClF3N3O2. The Morgan fingerprint density at radius 2 is 2.04 bits per heavy atom. The number of amides is 1. The van der Waals surface area contributed by atoms with Crippen molar-refractivity contribution in [2.45, 2.75) is 51.4 Å². The summed E-state index contributed by atoms with van der Waals surface area (Å²) in [5.74, 6) is 0.293. The molecule has 1 fully saturated rings. The molecular weight excluding hydrogens is 371 g/mol. The van der Waals surface area contributed by atoms with Crippen molar-refractivity contribution in [1.29, 1.82) is 0 Å². The van der Waals surface area contributed by atoms with E-state index in [1.807, 2.05) is 0 Å². The van der Waals surface area contributed by atoms with Crippen molar-refractivity contribution in [1.82, 2.24) is 9.88 Å². The minimum atomic E-state index is -4.49. The number of carbonyl (C=O) groups excluding carboxylic acids is 1. The van der Waals surface area contributed by atoms with E-state index < -0.39 is 23.4 Å². The van der Waals surface area contributed by atoms with Crippen LogP contribution in [0.5, 0.6) is 0 Å². The third-order valence-electron chi connectivity index (χ3n) is 4.07. The number of alkyl halides is 3. The summed E-state index contributed by atoms with van der Waals surface area (Å²) in [6.45, 7) is 6.40. The van der Waals surface area contributed by atoms with Crippen molar-refractivity contribution in [3.8, 4) is 0 Å². The summed E-state index contributed by atoms with van der Waals surface area (Å²) in [4.78, 5) is 19.5. The molecule has 1 atom stereocenters. The Hall–Kier alpha value is -1.70. The van der Waals surface area contributed by atoms with Gasteiger partial charge in [0.1, 0.15) is 11.4 Å². The first kappa shape index (κ1) is 20.6. The van der Waals surface area contributed by atoms with E-state index in [1.165, 1.54) is 4.90 Å². The fourth-order valence-corrected chi connectivity index (χ4v) is 3.05. The maximum absolute atomic E-state index is 12.8. The summed E-state index contributed by atoms with van der Waals surface area (Å²) >= 11 is 6.04. The molecule has 5 nitrogen and oxygen atoms in total. The van der Waals surface area contributed by atoms with Gasteiger partial charge in [0.2, 0.25) is 0 Å². The molecule has 1 saturated heterocycles. The van der Waals surface area contributed by atoms with Gasteiger partial charge in [-0.3, -0.25) is 0 Å². The van der Waals surface area contributed by atoms with Crippen molar-refractivity contribution >= 4 is 23.5 Å². The molecule has 1 amide bonds. The Balaban J connectivity index is 2.12. The van der Waals surface area contributed by atoms with Crippen LogP contribution in [0.3, 0.4) is 0 Å². The van der Waals surface area contributed by atoms with E-state index in [0.29, 0.717) is 18.9 Å². The smallest absolute Gasteiger partial charge is 0.417 e. The van der Waals surface area contributed by atoms with Gasteiger partial charge in [-0.15, -0.1) is 0 Å². The van der Waals surface area contributed by atoms with E-state index in [9.17, 15) is 18.0 Å². The Kier molecular flexibility index (Phi) is 5.95. The monoisotopic (exact) mass is 393 g/mol. The number of hydrogen-bond acceptors (Lipinski definition) is 4. The highest BCUT2D eigenvalue weighted by atomic mass is 35.5. The zero-order chi connectivity index (χ0) is 19.7. The maximum atomic E-state index is 12.8. The van der Waals surface area contributed by atoms with Crippen molar-refractivity contribution in [2.75, 3.05) is 25.0 Å². The van der Waals surface area contributed by atoms with Crippen LogP contribution in [-0.4, -0.2) is 47.8 Å². The van der Waals surface area contributed by atoms with Crippen LogP contribution in [0.15, 0.2) is 12.3 Å². The summed E-state index contributed by atoms with van der Waals surface area (Å²) in [5, 5.41) is -0.0552. The molecule has 1 aliphatic rings. The molecule has 0 aliphatic carbocycles. The van der Waals surface area contributed by atoms with Crippen LogP contribution in [0.25, 0.3) is 0 Å². The quantitative estimate of drug-likeness (QED) is 0.737. The highest BCUT2D eigenvalue weighted by Crippen LogP contribution is 2.34. The molecule has 0 unspecified atom stereocenters. The Morgan fingerprint density at radius 1 is 1.38 bits per heavy atom. The molecule has 0 radical (unpaired) electrons. The van der Waals surface area contributed by atoms with E-state index in [2.05, 4.69) is 4.98 Å². The van der Waals surface area contributed by atoms with E-state index >= 15 is 0 Å². The largest absolute Gasteiger partial charge is 0.444 e. The first-order valence-electron chi connectivity index (χ1n) is 8.32. The second kappa shape index (κ2) is 7.50. The molecule has 146 valence electrons. The van der Waals surface area contributed by atoms with Crippen LogP contribution >= 0.6 is 11.6 Å². The third-order valence-corrected chi connectivity index (χ3v) is 4.35. The van der Waals surface area contributed by atoms with Gasteiger partial charge in [-0.05, 0) is 39.7 Å². The van der Waals surface area contributed by atoms with Crippen molar-refractivity contribution in [3.63, 3.8) is 0 Å². The summed E-state index contributed by atoms with van der Waals surface area (Å²) in [6.07, 6.45) is -2.61. The number of rotatable bonds is 2. The first-order chi connectivity index (χ1) is 11.9. The highest BCUT2D eigenvalue weighted by Gasteiger charge is 2.33. The van der Waals surface area contributed by atoms with Crippen molar-refractivity contribution in [2.24, 2.45) is 0 Å². The molecule has 0 bridgehead atoms. The van der Waals surface area contributed by atoms with Crippen molar-refractivity contribution < 1.29 is 22.7 Å². The van der Waals surface area contributed by atoms with Gasteiger partial charge in [0.25, 0.3) is 0 Å². The first-order valence-corrected chi connectivity index (χ1v) is 8.70. The molecule has 0 spiro atoms. The van der Waals surface area contributed by atoms with Gasteiger partial charge >= 0.3 is 12.3 Å². The van der Waals surface area contributed by atoms with Gasteiger partial charge in [0, 0.05) is 26.3 Å². The molecule has 2 rings (SSSR count). The minimum absolute atomic E-state index is 0.0552. The minimum Gasteiger partial charge on any atom is -0.444 e. The Morgan fingerprint density at radius 3 is 2.58 bits per heavy atom. The number of halogens is 4. The van der Waals surface area contributed by atoms with Crippen LogP contribution in [0.2, 0.25) is 5.02 Å². The lowest BCUT2D eigenvalue weighted by Gasteiger charge is -2.38. The second-order valence-corrected chi connectivity index (χ2v) is 7.77. The standard InChI is InChI=1S/C17H23ClF3N3O2/c1-16(2,3)26-15(25)23(4)12-6-5-7-24(10-12)14-13(18)8-11(9-22-14)17(19,20)21/h8-9,12H,5-7,10H2,1-4H3/t12-/m1/s1. The second-order valence-electron chi connectivity index (χ2n) is 7.36. The Labute approximate surface area is 156 Å². The average Bonchev–Trinajstić information content (AvgIpc) is 2.51. The van der Waals surface area contributed by atoms with Gasteiger partial charge in [0.05, 0.1) is 16.6 Å². The lowest BCUT2D eigenvalue weighted by atomic mass is 10.0. The predicted molar refractivity (Wildman–Crippen MR) is 93.5 cm³/mol. The van der Waals surface area contributed by atoms with Gasteiger partial charge < -0.3 is 14.5 Å². The molecule has 0 N–H and O–H groups in total. The number of ether oxygens (including phenoxy) is 1. The van der Waals surface area contributed by atoms with E-state index in [4.69, 9.17) is 16.3 Å². The number of nitrogens with zero attached hydrogens (tertiary/aromatic N) is 3. The summed E-state index contributed by atoms with van der Waals surface area (Å²) in [7, 11) is 1.66. The van der Waals surface area contributed by atoms with Gasteiger partial charge in [-0.2, -0.15) is 13.2 Å². The number of piperidine rings is 1. The average molecular weight is 394 g/mol. The zero-order valence-electron chi connectivity index (χ0n) is 15.2. The van der Waals surface area contributed by atoms with Crippen LogP contribution in [0, 0.1) is 0 Å². The number of hydrogen-bond donors (Lipinski definition) is 0. The number of pyridine rings is 1. The molecule has 1 aromatic rings. The highest BCUT2D eigenvalue weighted by molar-refractivity contribution is 6.33. The lowest BCUT2D eigenvalue weighted by molar-refractivity contribution is -0.137. The summed E-state index contributed by atoms with van der Waals surface area (Å²) < 4.78 is 43.7. The SMILES string of the molecule is CN(C(=O)OC(C)(C)C)[C@@H]1CCCN(c2ncc(C(F)(F)F)cc2Cl)C1. The zero-order valence-corrected chi connectivity index (χ0v) is 16.0. The van der Waals surface area contributed by atoms with Crippen LogP contribution in [-0.2, 0) is 10.9 Å². The van der Waals surface area contributed by atoms with Crippen LogP contribution in [0.1, 0.15) is 39.2 Å². The fourth-order valence-electron chi connectivity index (χ4n) is 2.76. The van der Waals surface area contributed by atoms with E-state index in [0.717, 1.165) is 25.1 Å². The molecule has 9 heteroatoms. The molecule has 1 aromatic heterocycles. The topological polar surface area (TPSA) is 45.7 Å². The number of aromatic nitrogens is 1. The number of likely N-dealkylation sites (N-methyl/N-ethyl adjacent to an activating group) is 1. The molecule has 0 aromatic carbocycles. The third kappa shape index (κ3) is 5.16. The van der Waals surface area contributed by atoms with Gasteiger partial charge in [-0.25, -0.2) is 9.78 Å². The van der Waals surface area contributed by atoms with Gasteiger partial charge in [-0.1, -0.05) is 11.6 Å². The summed E-state index contributed by atoms with van der Waals surface area (Å²) in [6, 6.07) is 0.740. The van der Waals surface area contributed by atoms with Crippen molar-refractivity contribution in [3.05, 3.63) is 22.8 Å². The van der Waals surface area contributed by atoms with Gasteiger partial charge in [0.15, 0.2) is 0 Å². The van der Waals surface area contributed by atoms with Crippen LogP contribution < -0.4 is 4.90 Å².